The first kappa shape index (κ1) is 11.8. The number of rotatable bonds is 4. The quantitative estimate of drug-likeness (QED) is 0.663. The Morgan fingerprint density at radius 2 is 2.29 bits per heavy atom. The van der Waals surface area contributed by atoms with Gasteiger partial charge in [-0.25, -0.2) is 0 Å². The smallest absolute Gasteiger partial charge is 0.222 e. The summed E-state index contributed by atoms with van der Waals surface area (Å²) in [5.74, 6) is 1.73. The van der Waals surface area contributed by atoms with E-state index >= 15 is 0 Å². The third-order valence-corrected chi connectivity index (χ3v) is 3.33. The minimum absolute atomic E-state index is 0.325. The normalized spacial score (nSPS) is 23.7. The van der Waals surface area contributed by atoms with Crippen molar-refractivity contribution in [3.63, 3.8) is 0 Å². The third kappa shape index (κ3) is 3.49. The van der Waals surface area contributed by atoms with Gasteiger partial charge in [-0.05, 0) is 25.2 Å². The lowest BCUT2D eigenvalue weighted by atomic mass is 9.98. The molecule has 1 rings (SSSR count). The lowest BCUT2D eigenvalue weighted by Crippen LogP contribution is -2.31. The molecule has 1 saturated heterocycles. The van der Waals surface area contributed by atoms with Gasteiger partial charge in [0.05, 0.1) is 0 Å². The SMILES string of the molecule is CCC1CCC(=O)N(CCCCl)CC1. The zero-order valence-corrected chi connectivity index (χ0v) is 9.72. The Bertz CT molecular complexity index is 184. The fourth-order valence-corrected chi connectivity index (χ4v) is 2.11. The number of halogens is 1. The molecule has 1 heterocycles. The molecule has 82 valence electrons. The van der Waals surface area contributed by atoms with E-state index in [1.807, 2.05) is 4.90 Å². The first-order valence-electron chi connectivity index (χ1n) is 5.61. The van der Waals surface area contributed by atoms with Crippen molar-refractivity contribution in [3.8, 4) is 0 Å². The van der Waals surface area contributed by atoms with E-state index in [-0.39, 0.29) is 0 Å². The van der Waals surface area contributed by atoms with Crippen LogP contribution in [0.1, 0.15) is 39.0 Å². The predicted octanol–water partition coefficient (Wildman–Crippen LogP) is 2.65. The molecule has 2 nitrogen and oxygen atoms in total. The van der Waals surface area contributed by atoms with Crippen LogP contribution in [-0.4, -0.2) is 29.8 Å². The van der Waals surface area contributed by atoms with Crippen LogP contribution in [-0.2, 0) is 4.79 Å². The van der Waals surface area contributed by atoms with Crippen molar-refractivity contribution in [3.05, 3.63) is 0 Å². The Morgan fingerprint density at radius 1 is 1.50 bits per heavy atom. The second-order valence-electron chi connectivity index (χ2n) is 4.02. The summed E-state index contributed by atoms with van der Waals surface area (Å²) in [7, 11) is 0. The Morgan fingerprint density at radius 3 is 2.93 bits per heavy atom. The number of nitrogens with zero attached hydrogens (tertiary/aromatic N) is 1. The van der Waals surface area contributed by atoms with Gasteiger partial charge in [0.2, 0.25) is 5.91 Å². The van der Waals surface area contributed by atoms with Crippen molar-refractivity contribution < 1.29 is 4.79 Å². The number of hydrogen-bond acceptors (Lipinski definition) is 1. The number of amides is 1. The van der Waals surface area contributed by atoms with E-state index in [1.54, 1.807) is 0 Å². The van der Waals surface area contributed by atoms with Crippen molar-refractivity contribution in [1.82, 2.24) is 4.90 Å². The molecule has 0 aliphatic carbocycles. The molecule has 0 spiro atoms. The molecule has 0 N–H and O–H groups in total. The van der Waals surface area contributed by atoms with Gasteiger partial charge in [0.25, 0.3) is 0 Å². The zero-order valence-electron chi connectivity index (χ0n) is 8.97. The molecule has 0 aromatic rings. The van der Waals surface area contributed by atoms with Crippen molar-refractivity contribution >= 4 is 17.5 Å². The van der Waals surface area contributed by atoms with Gasteiger partial charge < -0.3 is 4.90 Å². The molecule has 14 heavy (non-hydrogen) atoms. The summed E-state index contributed by atoms with van der Waals surface area (Å²) in [5, 5.41) is 0. The number of likely N-dealkylation sites (tertiary alicyclic amines) is 1. The average molecular weight is 218 g/mol. The van der Waals surface area contributed by atoms with Crippen molar-refractivity contribution in [1.29, 1.82) is 0 Å². The van der Waals surface area contributed by atoms with E-state index in [0.717, 1.165) is 38.3 Å². The fraction of sp³-hybridized carbons (Fsp3) is 0.909. The number of alkyl halides is 1. The molecule has 0 radical (unpaired) electrons. The summed E-state index contributed by atoms with van der Waals surface area (Å²) in [5.41, 5.74) is 0. The second-order valence-corrected chi connectivity index (χ2v) is 4.40. The van der Waals surface area contributed by atoms with Gasteiger partial charge in [-0.2, -0.15) is 0 Å². The fourth-order valence-electron chi connectivity index (χ4n) is 1.99. The first-order chi connectivity index (χ1) is 6.77. The van der Waals surface area contributed by atoms with E-state index < -0.39 is 0 Å². The van der Waals surface area contributed by atoms with Crippen LogP contribution in [0.2, 0.25) is 0 Å². The topological polar surface area (TPSA) is 20.3 Å². The molecule has 0 aromatic carbocycles. The second kappa shape index (κ2) is 6.28. The summed E-state index contributed by atoms with van der Waals surface area (Å²) >= 11 is 5.63. The first-order valence-corrected chi connectivity index (χ1v) is 6.15. The van der Waals surface area contributed by atoms with Gasteiger partial charge in [-0.1, -0.05) is 13.3 Å². The van der Waals surface area contributed by atoms with E-state index in [1.165, 1.54) is 12.8 Å². The number of carbonyl (C=O) groups is 1. The van der Waals surface area contributed by atoms with Gasteiger partial charge in [-0.3, -0.25) is 4.79 Å². The van der Waals surface area contributed by atoms with Gasteiger partial charge in [0, 0.05) is 25.4 Å². The van der Waals surface area contributed by atoms with Gasteiger partial charge in [0.1, 0.15) is 0 Å². The molecule has 1 amide bonds. The zero-order chi connectivity index (χ0) is 10.4. The Labute approximate surface area is 91.6 Å². The summed E-state index contributed by atoms with van der Waals surface area (Å²) < 4.78 is 0. The van der Waals surface area contributed by atoms with Crippen LogP contribution in [0.15, 0.2) is 0 Å². The summed E-state index contributed by atoms with van der Waals surface area (Å²) in [4.78, 5) is 13.6. The lowest BCUT2D eigenvalue weighted by Gasteiger charge is -2.20. The van der Waals surface area contributed by atoms with E-state index in [0.29, 0.717) is 11.8 Å². The maximum Gasteiger partial charge on any atom is 0.222 e. The Hall–Kier alpha value is -0.240. The van der Waals surface area contributed by atoms with Gasteiger partial charge >= 0.3 is 0 Å². The maximum atomic E-state index is 11.7. The molecule has 3 heteroatoms. The van der Waals surface area contributed by atoms with Crippen LogP contribution in [0.4, 0.5) is 0 Å². The van der Waals surface area contributed by atoms with Crippen molar-refractivity contribution in [2.75, 3.05) is 19.0 Å². The minimum Gasteiger partial charge on any atom is -0.343 e. The molecule has 0 aromatic heterocycles. The highest BCUT2D eigenvalue weighted by atomic mass is 35.5. The summed E-state index contributed by atoms with van der Waals surface area (Å²) in [6.45, 7) is 4.00. The van der Waals surface area contributed by atoms with E-state index in [2.05, 4.69) is 6.92 Å². The molecular weight excluding hydrogens is 198 g/mol. The lowest BCUT2D eigenvalue weighted by molar-refractivity contribution is -0.130. The molecule has 0 bridgehead atoms. The van der Waals surface area contributed by atoms with Crippen LogP contribution in [0.3, 0.4) is 0 Å². The molecule has 1 atom stereocenters. The average Bonchev–Trinajstić information content (AvgIpc) is 2.38. The Balaban J connectivity index is 2.39. The van der Waals surface area contributed by atoms with Crippen LogP contribution < -0.4 is 0 Å². The number of carbonyl (C=O) groups excluding carboxylic acids is 1. The highest BCUT2D eigenvalue weighted by molar-refractivity contribution is 6.17. The van der Waals surface area contributed by atoms with Crippen LogP contribution >= 0.6 is 11.6 Å². The Kier molecular flexibility index (Phi) is 5.31. The van der Waals surface area contributed by atoms with Gasteiger partial charge in [0.15, 0.2) is 0 Å². The third-order valence-electron chi connectivity index (χ3n) is 3.07. The van der Waals surface area contributed by atoms with Crippen LogP contribution in [0.25, 0.3) is 0 Å². The highest BCUT2D eigenvalue weighted by Gasteiger charge is 2.20. The molecular formula is C11H20ClNO. The predicted molar refractivity (Wildman–Crippen MR) is 59.5 cm³/mol. The molecule has 0 saturated carbocycles. The monoisotopic (exact) mass is 217 g/mol. The minimum atomic E-state index is 0.325. The molecule has 1 unspecified atom stereocenters. The standard InChI is InChI=1S/C11H20ClNO/c1-2-10-4-5-11(14)13(9-6-10)8-3-7-12/h10H,2-9H2,1H3. The van der Waals surface area contributed by atoms with Crippen molar-refractivity contribution in [2.24, 2.45) is 5.92 Å². The number of hydrogen-bond donors (Lipinski definition) is 0. The highest BCUT2D eigenvalue weighted by Crippen LogP contribution is 2.20. The van der Waals surface area contributed by atoms with E-state index in [4.69, 9.17) is 11.6 Å². The molecule has 1 aliphatic heterocycles. The molecule has 1 aliphatic rings. The summed E-state index contributed by atoms with van der Waals surface area (Å²) in [6.07, 6.45) is 5.11. The maximum absolute atomic E-state index is 11.7. The van der Waals surface area contributed by atoms with Crippen LogP contribution in [0, 0.1) is 5.92 Å². The molecule has 1 fully saturated rings. The van der Waals surface area contributed by atoms with Gasteiger partial charge in [-0.15, -0.1) is 11.6 Å². The van der Waals surface area contributed by atoms with Crippen LogP contribution in [0.5, 0.6) is 0 Å². The van der Waals surface area contributed by atoms with Crippen molar-refractivity contribution in [2.45, 2.75) is 39.0 Å². The largest absolute Gasteiger partial charge is 0.343 e. The summed E-state index contributed by atoms with van der Waals surface area (Å²) in [6, 6.07) is 0. The van der Waals surface area contributed by atoms with E-state index in [9.17, 15) is 4.79 Å².